The van der Waals surface area contributed by atoms with E-state index in [0.717, 1.165) is 5.92 Å². The van der Waals surface area contributed by atoms with Gasteiger partial charge in [-0.1, -0.05) is 80.2 Å². The molecule has 1 atom stereocenters. The Kier molecular flexibility index (Phi) is 5.11. The first kappa shape index (κ1) is 15.1. The maximum Gasteiger partial charge on any atom is 0.0400 e. The fraction of sp³-hybridized carbons (Fsp3) is 0.667. The summed E-state index contributed by atoms with van der Waals surface area (Å²) in [6.45, 7) is 6.91. The third kappa shape index (κ3) is 4.63. The van der Waals surface area contributed by atoms with Crippen molar-refractivity contribution in [1.29, 1.82) is 0 Å². The van der Waals surface area contributed by atoms with Crippen molar-refractivity contribution in [1.82, 2.24) is 0 Å². The van der Waals surface area contributed by atoms with Crippen molar-refractivity contribution >= 4 is 15.9 Å². The molecule has 1 aromatic carbocycles. The molecule has 0 radical (unpaired) electrons. The third-order valence-electron chi connectivity index (χ3n) is 4.17. The summed E-state index contributed by atoms with van der Waals surface area (Å²) in [7, 11) is 0. The Balaban J connectivity index is 2.01. The summed E-state index contributed by atoms with van der Waals surface area (Å²) in [4.78, 5) is 0.480. The molecule has 2 rings (SSSR count). The lowest BCUT2D eigenvalue weighted by Gasteiger charge is -2.24. The minimum absolute atomic E-state index is 0.371. The van der Waals surface area contributed by atoms with Gasteiger partial charge in [-0.05, 0) is 41.7 Å². The molecule has 0 saturated heterocycles. The fourth-order valence-corrected chi connectivity index (χ4v) is 4.34. The number of rotatable bonds is 3. The molecule has 0 nitrogen and oxygen atoms in total. The van der Waals surface area contributed by atoms with E-state index in [-0.39, 0.29) is 0 Å². The van der Waals surface area contributed by atoms with E-state index >= 15 is 0 Å². The summed E-state index contributed by atoms with van der Waals surface area (Å²) in [5.41, 5.74) is 3.35. The van der Waals surface area contributed by atoms with Gasteiger partial charge in [0, 0.05) is 4.83 Å². The van der Waals surface area contributed by atoms with E-state index in [0.29, 0.717) is 10.2 Å². The highest BCUT2D eigenvalue weighted by atomic mass is 79.9. The Labute approximate surface area is 127 Å². The summed E-state index contributed by atoms with van der Waals surface area (Å²) >= 11 is 3.84. The van der Waals surface area contributed by atoms with Crippen molar-refractivity contribution in [3.63, 3.8) is 0 Å². The van der Waals surface area contributed by atoms with Crippen LogP contribution in [0.2, 0.25) is 0 Å². The van der Waals surface area contributed by atoms with Crippen molar-refractivity contribution in [2.45, 2.75) is 70.0 Å². The zero-order valence-corrected chi connectivity index (χ0v) is 14.2. The highest BCUT2D eigenvalue weighted by Crippen LogP contribution is 2.37. The maximum atomic E-state index is 3.84. The molecule has 0 amide bonds. The van der Waals surface area contributed by atoms with Gasteiger partial charge in [0.2, 0.25) is 0 Å². The number of hydrogen-bond donors (Lipinski definition) is 0. The Morgan fingerprint density at radius 3 is 2.16 bits per heavy atom. The van der Waals surface area contributed by atoms with Gasteiger partial charge in [0.15, 0.2) is 0 Å². The zero-order chi connectivity index (χ0) is 13.9. The Morgan fingerprint density at radius 1 is 1.05 bits per heavy atom. The van der Waals surface area contributed by atoms with Crippen LogP contribution in [0.3, 0.4) is 0 Å². The van der Waals surface area contributed by atoms with E-state index in [1.165, 1.54) is 44.1 Å². The average molecular weight is 323 g/mol. The largest absolute Gasteiger partial charge is 0.0839 e. The van der Waals surface area contributed by atoms with Crippen LogP contribution in [-0.4, -0.2) is 0 Å². The average Bonchev–Trinajstić information content (AvgIpc) is 2.38. The molecule has 0 spiro atoms. The molecule has 0 N–H and O–H groups in total. The van der Waals surface area contributed by atoms with E-state index in [9.17, 15) is 0 Å². The predicted octanol–water partition coefficient (Wildman–Crippen LogP) is 6.61. The van der Waals surface area contributed by atoms with Crippen LogP contribution in [-0.2, 0) is 0 Å². The van der Waals surface area contributed by atoms with Gasteiger partial charge in [-0.15, -0.1) is 0 Å². The van der Waals surface area contributed by atoms with Crippen molar-refractivity contribution in [3.05, 3.63) is 35.4 Å². The van der Waals surface area contributed by atoms with Gasteiger partial charge in [-0.25, -0.2) is 0 Å². The summed E-state index contributed by atoms with van der Waals surface area (Å²) in [5.74, 6) is 0.819. The topological polar surface area (TPSA) is 0 Å². The van der Waals surface area contributed by atoms with Gasteiger partial charge in [-0.3, -0.25) is 0 Å². The van der Waals surface area contributed by atoms with Gasteiger partial charge >= 0.3 is 0 Å². The van der Waals surface area contributed by atoms with Gasteiger partial charge in [-0.2, -0.15) is 0 Å². The smallest absolute Gasteiger partial charge is 0.0400 e. The van der Waals surface area contributed by atoms with Crippen molar-refractivity contribution < 1.29 is 0 Å². The lowest BCUT2D eigenvalue weighted by molar-refractivity contribution is 0.377. The molecule has 1 aliphatic rings. The molecule has 0 aliphatic heterocycles. The SMILES string of the molecule is CC(C)(C)CC(Br)c1ccc(C2CCCCC2)cc1. The number of halogens is 1. The molecule has 1 fully saturated rings. The summed E-state index contributed by atoms with van der Waals surface area (Å²) in [5, 5.41) is 0. The Hall–Kier alpha value is -0.300. The molecule has 1 aliphatic carbocycles. The molecule has 0 bridgehead atoms. The number of alkyl halides is 1. The molecule has 1 heteroatoms. The van der Waals surface area contributed by atoms with Crippen molar-refractivity contribution in [2.75, 3.05) is 0 Å². The van der Waals surface area contributed by atoms with Crippen molar-refractivity contribution in [2.24, 2.45) is 5.41 Å². The minimum atomic E-state index is 0.371. The van der Waals surface area contributed by atoms with Crippen LogP contribution < -0.4 is 0 Å². The van der Waals surface area contributed by atoms with Gasteiger partial charge in [0.25, 0.3) is 0 Å². The van der Waals surface area contributed by atoms with E-state index < -0.39 is 0 Å². The minimum Gasteiger partial charge on any atom is -0.0839 e. The summed E-state index contributed by atoms with van der Waals surface area (Å²) < 4.78 is 0. The second kappa shape index (κ2) is 6.43. The molecule has 0 heterocycles. The van der Waals surface area contributed by atoms with Crippen LogP contribution >= 0.6 is 15.9 Å². The highest BCUT2D eigenvalue weighted by molar-refractivity contribution is 9.09. The van der Waals surface area contributed by atoms with E-state index in [1.54, 1.807) is 5.56 Å². The first-order chi connectivity index (χ1) is 8.96. The third-order valence-corrected chi connectivity index (χ3v) is 5.02. The van der Waals surface area contributed by atoms with Crippen LogP contribution in [0, 0.1) is 5.41 Å². The van der Waals surface area contributed by atoms with Crippen LogP contribution in [0.15, 0.2) is 24.3 Å². The van der Waals surface area contributed by atoms with Crippen LogP contribution in [0.25, 0.3) is 0 Å². The quantitative estimate of drug-likeness (QED) is 0.549. The second-order valence-electron chi connectivity index (χ2n) is 7.23. The van der Waals surface area contributed by atoms with Gasteiger partial charge < -0.3 is 0 Å². The zero-order valence-electron chi connectivity index (χ0n) is 12.6. The maximum absolute atomic E-state index is 3.84. The molecule has 1 saturated carbocycles. The number of hydrogen-bond acceptors (Lipinski definition) is 0. The normalized spacial score (nSPS) is 19.4. The Bertz CT molecular complexity index is 379. The van der Waals surface area contributed by atoms with E-state index in [2.05, 4.69) is 61.0 Å². The van der Waals surface area contributed by atoms with Crippen LogP contribution in [0.1, 0.15) is 81.2 Å². The predicted molar refractivity (Wildman–Crippen MR) is 88.0 cm³/mol. The Morgan fingerprint density at radius 2 is 1.63 bits per heavy atom. The highest BCUT2D eigenvalue weighted by Gasteiger charge is 2.19. The number of benzene rings is 1. The molecule has 0 aromatic heterocycles. The lowest BCUT2D eigenvalue weighted by atomic mass is 9.83. The van der Waals surface area contributed by atoms with E-state index in [1.807, 2.05) is 0 Å². The van der Waals surface area contributed by atoms with Crippen LogP contribution in [0.5, 0.6) is 0 Å². The molecule has 19 heavy (non-hydrogen) atoms. The molecule has 1 aromatic rings. The first-order valence-electron chi connectivity index (χ1n) is 7.70. The van der Waals surface area contributed by atoms with Gasteiger partial charge in [0.1, 0.15) is 0 Å². The summed E-state index contributed by atoms with van der Waals surface area (Å²) in [6, 6.07) is 9.38. The standard InChI is InChI=1S/C18H27Br/c1-18(2,3)13-17(19)16-11-9-15(10-12-16)14-7-5-4-6-8-14/h9-12,14,17H,4-8,13H2,1-3H3. The summed E-state index contributed by atoms with van der Waals surface area (Å²) in [6.07, 6.45) is 8.21. The van der Waals surface area contributed by atoms with Crippen LogP contribution in [0.4, 0.5) is 0 Å². The molecular formula is C18H27Br. The van der Waals surface area contributed by atoms with Crippen molar-refractivity contribution in [3.8, 4) is 0 Å². The molecule has 1 unspecified atom stereocenters. The monoisotopic (exact) mass is 322 g/mol. The fourth-order valence-electron chi connectivity index (χ4n) is 3.07. The molecular weight excluding hydrogens is 296 g/mol. The van der Waals surface area contributed by atoms with Gasteiger partial charge in [0.05, 0.1) is 0 Å². The first-order valence-corrected chi connectivity index (χ1v) is 8.61. The molecule has 106 valence electrons. The van der Waals surface area contributed by atoms with E-state index in [4.69, 9.17) is 0 Å². The lowest BCUT2D eigenvalue weighted by Crippen LogP contribution is -2.08. The second-order valence-corrected chi connectivity index (χ2v) is 8.34.